The Morgan fingerprint density at radius 1 is 1.14 bits per heavy atom. The Hall–Kier alpha value is -0.930. The van der Waals surface area contributed by atoms with E-state index < -0.39 is 0 Å². The van der Waals surface area contributed by atoms with Crippen LogP contribution in [0.2, 0.25) is 0 Å². The van der Waals surface area contributed by atoms with Crippen LogP contribution in [0.15, 0.2) is 45.8 Å². The first kappa shape index (κ1) is 17.4. The molecule has 0 saturated heterocycles. The standard InChI is InChI=1S/C19H23BrOS/c1-4-5-10-21-19-11-14(2)16(13-18(19)20)12-15-6-8-17(22-3)9-7-15/h6-9,11,13H,4-5,10,12H2,1-3H3. The van der Waals surface area contributed by atoms with Gasteiger partial charge in [0.15, 0.2) is 0 Å². The molecular weight excluding hydrogens is 356 g/mol. The Bertz CT molecular complexity index is 608. The first-order chi connectivity index (χ1) is 10.6. The monoisotopic (exact) mass is 378 g/mol. The van der Waals surface area contributed by atoms with Crippen molar-refractivity contribution in [1.29, 1.82) is 0 Å². The van der Waals surface area contributed by atoms with E-state index in [1.807, 2.05) is 0 Å². The predicted octanol–water partition coefficient (Wildman–Crippen LogP) is 6.25. The van der Waals surface area contributed by atoms with Crippen molar-refractivity contribution in [2.24, 2.45) is 0 Å². The van der Waals surface area contributed by atoms with E-state index in [2.05, 4.69) is 72.4 Å². The fourth-order valence-electron chi connectivity index (χ4n) is 2.29. The van der Waals surface area contributed by atoms with Gasteiger partial charge in [0, 0.05) is 4.90 Å². The minimum Gasteiger partial charge on any atom is -0.492 e. The molecule has 0 amide bonds. The normalized spacial score (nSPS) is 10.7. The van der Waals surface area contributed by atoms with Crippen molar-refractivity contribution in [2.45, 2.75) is 38.0 Å². The molecule has 0 N–H and O–H groups in total. The summed E-state index contributed by atoms with van der Waals surface area (Å²) in [7, 11) is 0. The molecule has 2 rings (SSSR count). The molecule has 0 fully saturated rings. The topological polar surface area (TPSA) is 9.23 Å². The van der Waals surface area contributed by atoms with Crippen LogP contribution in [-0.2, 0) is 6.42 Å². The molecule has 0 aliphatic carbocycles. The van der Waals surface area contributed by atoms with Gasteiger partial charge in [-0.25, -0.2) is 0 Å². The van der Waals surface area contributed by atoms with E-state index in [9.17, 15) is 0 Å². The molecular formula is C19H23BrOS. The Balaban J connectivity index is 2.12. The number of aryl methyl sites for hydroxylation is 1. The van der Waals surface area contributed by atoms with Crippen LogP contribution in [-0.4, -0.2) is 12.9 Å². The molecule has 3 heteroatoms. The lowest BCUT2D eigenvalue weighted by Crippen LogP contribution is -1.99. The first-order valence-electron chi connectivity index (χ1n) is 7.68. The second-order valence-electron chi connectivity index (χ2n) is 5.44. The lowest BCUT2D eigenvalue weighted by Gasteiger charge is -2.13. The van der Waals surface area contributed by atoms with Crippen LogP contribution in [0, 0.1) is 6.92 Å². The number of hydrogen-bond donors (Lipinski definition) is 0. The first-order valence-corrected chi connectivity index (χ1v) is 9.70. The molecule has 0 bridgehead atoms. The van der Waals surface area contributed by atoms with Crippen LogP contribution in [0.1, 0.15) is 36.5 Å². The third-order valence-electron chi connectivity index (χ3n) is 3.70. The number of halogens is 1. The second-order valence-corrected chi connectivity index (χ2v) is 7.17. The van der Waals surface area contributed by atoms with E-state index in [4.69, 9.17) is 4.74 Å². The van der Waals surface area contributed by atoms with Gasteiger partial charge in [-0.15, -0.1) is 11.8 Å². The fraction of sp³-hybridized carbons (Fsp3) is 0.368. The van der Waals surface area contributed by atoms with E-state index in [1.165, 1.54) is 21.6 Å². The molecule has 0 aliphatic heterocycles. The molecule has 1 nitrogen and oxygen atoms in total. The van der Waals surface area contributed by atoms with Gasteiger partial charge >= 0.3 is 0 Å². The van der Waals surface area contributed by atoms with Gasteiger partial charge in [-0.05, 0) is 82.9 Å². The number of thioether (sulfide) groups is 1. The lowest BCUT2D eigenvalue weighted by molar-refractivity contribution is 0.307. The Kier molecular flexibility index (Phi) is 6.84. The third-order valence-corrected chi connectivity index (χ3v) is 5.06. The summed E-state index contributed by atoms with van der Waals surface area (Å²) in [6.07, 6.45) is 5.30. The predicted molar refractivity (Wildman–Crippen MR) is 100 cm³/mol. The molecule has 22 heavy (non-hydrogen) atoms. The van der Waals surface area contributed by atoms with Crippen LogP contribution in [0.4, 0.5) is 0 Å². The number of rotatable bonds is 7. The third kappa shape index (κ3) is 4.79. The molecule has 0 unspecified atom stereocenters. The van der Waals surface area contributed by atoms with Crippen molar-refractivity contribution >= 4 is 27.7 Å². The van der Waals surface area contributed by atoms with Gasteiger partial charge in [0.05, 0.1) is 11.1 Å². The highest BCUT2D eigenvalue weighted by molar-refractivity contribution is 9.10. The highest BCUT2D eigenvalue weighted by Crippen LogP contribution is 2.30. The van der Waals surface area contributed by atoms with Crippen molar-refractivity contribution in [2.75, 3.05) is 12.9 Å². The molecule has 2 aromatic carbocycles. The summed E-state index contributed by atoms with van der Waals surface area (Å²) in [5.41, 5.74) is 3.96. The van der Waals surface area contributed by atoms with Crippen LogP contribution >= 0.6 is 27.7 Å². The van der Waals surface area contributed by atoms with E-state index in [-0.39, 0.29) is 0 Å². The Morgan fingerprint density at radius 3 is 2.50 bits per heavy atom. The molecule has 0 radical (unpaired) electrons. The number of unbranched alkanes of at least 4 members (excludes halogenated alkanes) is 1. The Morgan fingerprint density at radius 2 is 1.86 bits per heavy atom. The lowest BCUT2D eigenvalue weighted by atomic mass is 10.0. The summed E-state index contributed by atoms with van der Waals surface area (Å²) in [6, 6.07) is 13.1. The zero-order valence-corrected chi connectivity index (χ0v) is 15.9. The second kappa shape index (κ2) is 8.64. The van der Waals surface area contributed by atoms with Gasteiger partial charge in [0.2, 0.25) is 0 Å². The SMILES string of the molecule is CCCCOc1cc(C)c(Cc2ccc(SC)cc2)cc1Br. The van der Waals surface area contributed by atoms with Crippen LogP contribution in [0.25, 0.3) is 0 Å². The van der Waals surface area contributed by atoms with Crippen molar-refractivity contribution in [3.05, 3.63) is 57.6 Å². The number of benzene rings is 2. The highest BCUT2D eigenvalue weighted by Gasteiger charge is 2.08. The zero-order chi connectivity index (χ0) is 15.9. The maximum Gasteiger partial charge on any atom is 0.133 e. The maximum absolute atomic E-state index is 5.84. The summed E-state index contributed by atoms with van der Waals surface area (Å²) in [4.78, 5) is 1.31. The Labute approximate surface area is 146 Å². The largest absolute Gasteiger partial charge is 0.492 e. The summed E-state index contributed by atoms with van der Waals surface area (Å²) >= 11 is 5.42. The quantitative estimate of drug-likeness (QED) is 0.415. The van der Waals surface area contributed by atoms with Crippen molar-refractivity contribution in [1.82, 2.24) is 0 Å². The molecule has 0 aliphatic rings. The van der Waals surface area contributed by atoms with Gasteiger partial charge in [-0.2, -0.15) is 0 Å². The average Bonchev–Trinajstić information content (AvgIpc) is 2.53. The van der Waals surface area contributed by atoms with Crippen LogP contribution in [0.3, 0.4) is 0 Å². The van der Waals surface area contributed by atoms with Crippen LogP contribution in [0.5, 0.6) is 5.75 Å². The number of hydrogen-bond acceptors (Lipinski definition) is 2. The van der Waals surface area contributed by atoms with E-state index in [0.29, 0.717) is 0 Å². The van der Waals surface area contributed by atoms with E-state index in [1.54, 1.807) is 11.8 Å². The molecule has 2 aromatic rings. The maximum atomic E-state index is 5.84. The summed E-state index contributed by atoms with van der Waals surface area (Å²) in [5.74, 6) is 0.951. The average molecular weight is 379 g/mol. The molecule has 0 spiro atoms. The highest BCUT2D eigenvalue weighted by atomic mass is 79.9. The smallest absolute Gasteiger partial charge is 0.133 e. The van der Waals surface area contributed by atoms with Crippen molar-refractivity contribution in [3.63, 3.8) is 0 Å². The summed E-state index contributed by atoms with van der Waals surface area (Å²) < 4.78 is 6.89. The molecule has 118 valence electrons. The van der Waals surface area contributed by atoms with Gasteiger partial charge in [0.25, 0.3) is 0 Å². The van der Waals surface area contributed by atoms with Gasteiger partial charge in [-0.3, -0.25) is 0 Å². The van der Waals surface area contributed by atoms with Crippen molar-refractivity contribution < 1.29 is 4.74 Å². The minimum absolute atomic E-state index is 0.782. The summed E-state index contributed by atoms with van der Waals surface area (Å²) in [6.45, 7) is 5.11. The van der Waals surface area contributed by atoms with E-state index in [0.717, 1.165) is 36.1 Å². The van der Waals surface area contributed by atoms with Crippen molar-refractivity contribution in [3.8, 4) is 5.75 Å². The van der Waals surface area contributed by atoms with Crippen LogP contribution < -0.4 is 4.74 Å². The number of ether oxygens (including phenoxy) is 1. The fourth-order valence-corrected chi connectivity index (χ4v) is 3.20. The molecule has 0 heterocycles. The summed E-state index contributed by atoms with van der Waals surface area (Å²) in [5, 5.41) is 0. The molecule has 0 atom stereocenters. The zero-order valence-electron chi connectivity index (χ0n) is 13.5. The minimum atomic E-state index is 0.782. The van der Waals surface area contributed by atoms with Gasteiger partial charge < -0.3 is 4.74 Å². The molecule has 0 aromatic heterocycles. The van der Waals surface area contributed by atoms with E-state index >= 15 is 0 Å². The van der Waals surface area contributed by atoms with Gasteiger partial charge in [0.1, 0.15) is 5.75 Å². The van der Waals surface area contributed by atoms with Gasteiger partial charge in [-0.1, -0.05) is 25.5 Å². The molecule has 0 saturated carbocycles.